The summed E-state index contributed by atoms with van der Waals surface area (Å²) in [5.41, 5.74) is 6.91. The molecule has 0 radical (unpaired) electrons. The molecule has 1 aliphatic carbocycles. The molecule has 1 saturated carbocycles. The van der Waals surface area contributed by atoms with E-state index in [9.17, 15) is 0 Å². The van der Waals surface area contributed by atoms with Gasteiger partial charge in [-0.2, -0.15) is 0 Å². The number of nitrogens with two attached hydrogens (primary N) is 1. The second-order valence-electron chi connectivity index (χ2n) is 3.91. The van der Waals surface area contributed by atoms with Gasteiger partial charge >= 0.3 is 0 Å². The normalized spacial score (nSPS) is 19.8. The standard InChI is InChI=1S/C10H17N3/c1-2-10(4-3-5-10)13-7-9(6-11)12-8-13/h7-8H,2-6,11H2,1H3. The minimum absolute atomic E-state index is 0.375. The summed E-state index contributed by atoms with van der Waals surface area (Å²) in [5, 5.41) is 0. The van der Waals surface area contributed by atoms with Gasteiger partial charge in [0.15, 0.2) is 0 Å². The maximum atomic E-state index is 5.53. The van der Waals surface area contributed by atoms with Crippen molar-refractivity contribution in [3.05, 3.63) is 18.2 Å². The molecule has 3 nitrogen and oxygen atoms in total. The highest BCUT2D eigenvalue weighted by molar-refractivity contribution is 5.03. The Morgan fingerprint density at radius 3 is 2.77 bits per heavy atom. The lowest BCUT2D eigenvalue weighted by Gasteiger charge is -2.42. The van der Waals surface area contributed by atoms with Gasteiger partial charge in [0.2, 0.25) is 0 Å². The van der Waals surface area contributed by atoms with Crippen LogP contribution in [0.15, 0.2) is 12.5 Å². The van der Waals surface area contributed by atoms with E-state index in [1.165, 1.54) is 25.7 Å². The van der Waals surface area contributed by atoms with Gasteiger partial charge in [-0.3, -0.25) is 0 Å². The third-order valence-corrected chi connectivity index (χ3v) is 3.34. The Labute approximate surface area is 79.0 Å². The molecule has 0 aliphatic heterocycles. The first-order valence-corrected chi connectivity index (χ1v) is 5.04. The van der Waals surface area contributed by atoms with Crippen molar-refractivity contribution in [1.82, 2.24) is 9.55 Å². The van der Waals surface area contributed by atoms with Gasteiger partial charge in [0.05, 0.1) is 12.0 Å². The fraction of sp³-hybridized carbons (Fsp3) is 0.700. The summed E-state index contributed by atoms with van der Waals surface area (Å²) in [7, 11) is 0. The molecule has 0 spiro atoms. The van der Waals surface area contributed by atoms with E-state index in [1.54, 1.807) is 0 Å². The Balaban J connectivity index is 2.23. The first-order valence-electron chi connectivity index (χ1n) is 5.04. The maximum absolute atomic E-state index is 5.53. The Kier molecular flexibility index (Phi) is 2.12. The predicted octanol–water partition coefficient (Wildman–Crippen LogP) is 1.63. The van der Waals surface area contributed by atoms with Crippen LogP contribution in [-0.2, 0) is 12.1 Å². The molecule has 72 valence electrons. The SMILES string of the molecule is CCC1(n2cnc(CN)c2)CCC1. The highest BCUT2D eigenvalue weighted by Crippen LogP contribution is 2.41. The molecule has 0 bridgehead atoms. The van der Waals surface area contributed by atoms with Crippen molar-refractivity contribution in [2.45, 2.75) is 44.7 Å². The summed E-state index contributed by atoms with van der Waals surface area (Å²) >= 11 is 0. The highest BCUT2D eigenvalue weighted by atomic mass is 15.1. The second kappa shape index (κ2) is 3.14. The smallest absolute Gasteiger partial charge is 0.0955 e. The number of nitrogens with zero attached hydrogens (tertiary/aromatic N) is 2. The largest absolute Gasteiger partial charge is 0.331 e. The lowest BCUT2D eigenvalue weighted by Crippen LogP contribution is -2.39. The molecule has 3 heteroatoms. The van der Waals surface area contributed by atoms with Crippen LogP contribution in [0.1, 0.15) is 38.3 Å². The van der Waals surface area contributed by atoms with Gasteiger partial charge in [0, 0.05) is 18.3 Å². The van der Waals surface area contributed by atoms with Crippen LogP contribution in [0.5, 0.6) is 0 Å². The molecule has 2 N–H and O–H groups in total. The van der Waals surface area contributed by atoms with Crippen molar-refractivity contribution in [2.75, 3.05) is 0 Å². The fourth-order valence-corrected chi connectivity index (χ4v) is 2.11. The van der Waals surface area contributed by atoms with E-state index in [4.69, 9.17) is 5.73 Å². The fourth-order valence-electron chi connectivity index (χ4n) is 2.11. The Morgan fingerprint density at radius 2 is 2.38 bits per heavy atom. The van der Waals surface area contributed by atoms with Crippen molar-refractivity contribution in [3.8, 4) is 0 Å². The third-order valence-electron chi connectivity index (χ3n) is 3.34. The predicted molar refractivity (Wildman–Crippen MR) is 52.2 cm³/mol. The lowest BCUT2D eigenvalue weighted by atomic mass is 9.74. The summed E-state index contributed by atoms with van der Waals surface area (Å²) < 4.78 is 2.26. The minimum Gasteiger partial charge on any atom is -0.331 e. The van der Waals surface area contributed by atoms with Gasteiger partial charge < -0.3 is 10.3 Å². The highest BCUT2D eigenvalue weighted by Gasteiger charge is 2.36. The molecule has 1 heterocycles. The van der Waals surface area contributed by atoms with Crippen molar-refractivity contribution in [3.63, 3.8) is 0 Å². The van der Waals surface area contributed by atoms with Crippen LogP contribution in [0.3, 0.4) is 0 Å². The Bertz CT molecular complexity index is 281. The average Bonchev–Trinajstić information content (AvgIpc) is 2.52. The molecule has 0 amide bonds. The molecule has 0 unspecified atom stereocenters. The van der Waals surface area contributed by atoms with Gasteiger partial charge in [-0.05, 0) is 25.7 Å². The molecule has 1 aromatic rings. The van der Waals surface area contributed by atoms with E-state index in [0.717, 1.165) is 5.69 Å². The van der Waals surface area contributed by atoms with Gasteiger partial charge in [-0.1, -0.05) is 6.92 Å². The summed E-state index contributed by atoms with van der Waals surface area (Å²) in [5.74, 6) is 0. The van der Waals surface area contributed by atoms with Gasteiger partial charge in [0.25, 0.3) is 0 Å². The molecule has 1 fully saturated rings. The number of rotatable bonds is 3. The monoisotopic (exact) mass is 179 g/mol. The Hall–Kier alpha value is -0.830. The maximum Gasteiger partial charge on any atom is 0.0955 e. The van der Waals surface area contributed by atoms with Crippen molar-refractivity contribution < 1.29 is 0 Å². The summed E-state index contributed by atoms with van der Waals surface area (Å²) in [6.07, 6.45) is 9.18. The molecule has 1 aliphatic rings. The van der Waals surface area contributed by atoms with Gasteiger partial charge in [-0.25, -0.2) is 4.98 Å². The zero-order valence-electron chi connectivity index (χ0n) is 8.16. The van der Waals surface area contributed by atoms with Crippen LogP contribution in [0.4, 0.5) is 0 Å². The van der Waals surface area contributed by atoms with Crippen molar-refractivity contribution in [1.29, 1.82) is 0 Å². The number of aromatic nitrogens is 2. The van der Waals surface area contributed by atoms with Crippen LogP contribution in [0, 0.1) is 0 Å². The number of hydrogen-bond donors (Lipinski definition) is 1. The average molecular weight is 179 g/mol. The molecule has 13 heavy (non-hydrogen) atoms. The van der Waals surface area contributed by atoms with Gasteiger partial charge in [0.1, 0.15) is 0 Å². The molecule has 0 saturated heterocycles. The lowest BCUT2D eigenvalue weighted by molar-refractivity contribution is 0.136. The van der Waals surface area contributed by atoms with Crippen molar-refractivity contribution >= 4 is 0 Å². The third kappa shape index (κ3) is 1.27. The summed E-state index contributed by atoms with van der Waals surface area (Å²) in [6.45, 7) is 2.80. The van der Waals surface area contributed by atoms with Crippen LogP contribution in [0.2, 0.25) is 0 Å². The van der Waals surface area contributed by atoms with Crippen LogP contribution in [-0.4, -0.2) is 9.55 Å². The quantitative estimate of drug-likeness (QED) is 0.766. The van der Waals surface area contributed by atoms with Crippen LogP contribution in [0.25, 0.3) is 0 Å². The van der Waals surface area contributed by atoms with E-state index in [1.807, 2.05) is 6.33 Å². The van der Waals surface area contributed by atoms with Crippen molar-refractivity contribution in [2.24, 2.45) is 5.73 Å². The topological polar surface area (TPSA) is 43.8 Å². The first kappa shape index (κ1) is 8.75. The zero-order chi connectivity index (χ0) is 9.31. The summed E-state index contributed by atoms with van der Waals surface area (Å²) in [6, 6.07) is 0. The van der Waals surface area contributed by atoms with Crippen LogP contribution < -0.4 is 5.73 Å². The van der Waals surface area contributed by atoms with E-state index in [0.29, 0.717) is 12.1 Å². The number of hydrogen-bond acceptors (Lipinski definition) is 2. The molecular weight excluding hydrogens is 162 g/mol. The van der Waals surface area contributed by atoms with E-state index in [2.05, 4.69) is 22.7 Å². The van der Waals surface area contributed by atoms with Crippen LogP contribution >= 0.6 is 0 Å². The van der Waals surface area contributed by atoms with E-state index >= 15 is 0 Å². The first-order chi connectivity index (χ1) is 6.30. The number of imidazole rings is 1. The minimum atomic E-state index is 0.375. The molecule has 2 rings (SSSR count). The van der Waals surface area contributed by atoms with E-state index < -0.39 is 0 Å². The molecule has 0 atom stereocenters. The zero-order valence-corrected chi connectivity index (χ0v) is 8.16. The molecule has 1 aromatic heterocycles. The summed E-state index contributed by atoms with van der Waals surface area (Å²) in [4.78, 5) is 4.27. The van der Waals surface area contributed by atoms with Gasteiger partial charge in [-0.15, -0.1) is 0 Å². The molecular formula is C10H17N3. The Morgan fingerprint density at radius 1 is 1.62 bits per heavy atom. The second-order valence-corrected chi connectivity index (χ2v) is 3.91. The molecule has 0 aromatic carbocycles. The van der Waals surface area contributed by atoms with E-state index in [-0.39, 0.29) is 0 Å².